The Morgan fingerprint density at radius 2 is 2.00 bits per heavy atom. The lowest BCUT2D eigenvalue weighted by Gasteiger charge is -2.37. The van der Waals surface area contributed by atoms with Gasteiger partial charge in [0.05, 0.1) is 0 Å². The molecule has 2 N–H and O–H groups in total. The minimum atomic E-state index is -0.373. The van der Waals surface area contributed by atoms with Crippen LogP contribution in [0.4, 0.5) is 0 Å². The average Bonchev–Trinajstić information content (AvgIpc) is 2.34. The molecular weight excluding hydrogens is 166 g/mol. The van der Waals surface area contributed by atoms with Gasteiger partial charge in [-0.2, -0.15) is 4.99 Å². The van der Waals surface area contributed by atoms with E-state index < -0.39 is 0 Å². The first-order valence-corrected chi connectivity index (χ1v) is 4.79. The van der Waals surface area contributed by atoms with Crippen molar-refractivity contribution in [2.75, 3.05) is 7.05 Å². The fourth-order valence-corrected chi connectivity index (χ4v) is 2.33. The Labute approximate surface area is 77.8 Å². The highest BCUT2D eigenvalue weighted by atomic mass is 16.2. The maximum absolute atomic E-state index is 11.7. The van der Waals surface area contributed by atoms with Crippen LogP contribution in [0.1, 0.15) is 32.1 Å². The van der Waals surface area contributed by atoms with Gasteiger partial charge in [-0.3, -0.25) is 4.79 Å². The van der Waals surface area contributed by atoms with Crippen LogP contribution in [0.3, 0.4) is 0 Å². The largest absolute Gasteiger partial charge is 0.369 e. The molecule has 1 heterocycles. The van der Waals surface area contributed by atoms with Crippen molar-refractivity contribution in [2.24, 2.45) is 10.7 Å². The van der Waals surface area contributed by atoms with Crippen LogP contribution < -0.4 is 5.73 Å². The maximum Gasteiger partial charge on any atom is 0.274 e. The quantitative estimate of drug-likeness (QED) is 0.591. The van der Waals surface area contributed by atoms with Crippen LogP contribution in [0.2, 0.25) is 0 Å². The lowest BCUT2D eigenvalue weighted by Crippen LogP contribution is -2.52. The summed E-state index contributed by atoms with van der Waals surface area (Å²) in [6.45, 7) is 0. The molecule has 1 aliphatic carbocycles. The molecular formula is C9H15N3O. The number of carbonyl (C=O) groups excluding carboxylic acids is 1. The molecule has 0 aromatic carbocycles. The third-order valence-corrected chi connectivity index (χ3v) is 3.28. The zero-order chi connectivity index (χ0) is 9.47. The number of carbonyl (C=O) groups is 1. The molecule has 72 valence electrons. The number of nitrogens with two attached hydrogens (primary N) is 1. The Balaban J connectivity index is 2.27. The Morgan fingerprint density at radius 3 is 2.46 bits per heavy atom. The van der Waals surface area contributed by atoms with E-state index >= 15 is 0 Å². The molecule has 4 nitrogen and oxygen atoms in total. The first kappa shape index (κ1) is 8.53. The summed E-state index contributed by atoms with van der Waals surface area (Å²) in [6, 6.07) is 0. The van der Waals surface area contributed by atoms with Gasteiger partial charge in [-0.25, -0.2) is 0 Å². The molecule has 2 aliphatic rings. The Morgan fingerprint density at radius 1 is 1.38 bits per heavy atom. The summed E-state index contributed by atoms with van der Waals surface area (Å²) in [5.74, 6) is 0.346. The monoisotopic (exact) mass is 181 g/mol. The number of rotatable bonds is 0. The summed E-state index contributed by atoms with van der Waals surface area (Å²) < 4.78 is 0. The van der Waals surface area contributed by atoms with Gasteiger partial charge in [0, 0.05) is 7.05 Å². The standard InChI is InChI=1S/C9H15N3O/c1-12-8(10)11-7(13)9(12)5-3-2-4-6-9/h2-6H2,1H3,(H2,10,11,13). The van der Waals surface area contributed by atoms with Crippen molar-refractivity contribution in [1.29, 1.82) is 0 Å². The molecule has 2 rings (SSSR count). The van der Waals surface area contributed by atoms with E-state index in [4.69, 9.17) is 5.73 Å². The third-order valence-electron chi connectivity index (χ3n) is 3.28. The minimum absolute atomic E-state index is 0.0350. The van der Waals surface area contributed by atoms with Gasteiger partial charge in [0.25, 0.3) is 5.91 Å². The SMILES string of the molecule is CN1C(N)=NC(=O)C12CCCCC2. The van der Waals surface area contributed by atoms with Gasteiger partial charge < -0.3 is 10.6 Å². The van der Waals surface area contributed by atoms with E-state index in [0.717, 1.165) is 25.7 Å². The van der Waals surface area contributed by atoms with Crippen molar-refractivity contribution in [3.8, 4) is 0 Å². The number of nitrogens with zero attached hydrogens (tertiary/aromatic N) is 2. The van der Waals surface area contributed by atoms with E-state index in [9.17, 15) is 4.79 Å². The van der Waals surface area contributed by atoms with Gasteiger partial charge in [-0.15, -0.1) is 0 Å². The summed E-state index contributed by atoms with van der Waals surface area (Å²) in [7, 11) is 1.87. The van der Waals surface area contributed by atoms with Crippen molar-refractivity contribution in [3.63, 3.8) is 0 Å². The van der Waals surface area contributed by atoms with Crippen molar-refractivity contribution in [2.45, 2.75) is 37.6 Å². The van der Waals surface area contributed by atoms with Crippen LogP contribution in [0.15, 0.2) is 4.99 Å². The number of likely N-dealkylation sites (N-methyl/N-ethyl adjacent to an activating group) is 1. The first-order valence-electron chi connectivity index (χ1n) is 4.79. The molecule has 4 heteroatoms. The van der Waals surface area contributed by atoms with E-state index in [1.54, 1.807) is 0 Å². The van der Waals surface area contributed by atoms with Crippen LogP contribution in [-0.4, -0.2) is 29.4 Å². The molecule has 1 fully saturated rings. The van der Waals surface area contributed by atoms with Crippen molar-refractivity contribution >= 4 is 11.9 Å². The molecule has 0 saturated heterocycles. The molecule has 0 aromatic heterocycles. The van der Waals surface area contributed by atoms with E-state index in [0.29, 0.717) is 5.96 Å². The van der Waals surface area contributed by atoms with E-state index in [1.165, 1.54) is 6.42 Å². The van der Waals surface area contributed by atoms with Gasteiger partial charge in [0.2, 0.25) is 0 Å². The summed E-state index contributed by atoms with van der Waals surface area (Å²) in [6.07, 6.45) is 5.26. The number of aliphatic imine (C=N–C) groups is 1. The lowest BCUT2D eigenvalue weighted by molar-refractivity contribution is -0.126. The zero-order valence-electron chi connectivity index (χ0n) is 7.92. The van der Waals surface area contributed by atoms with Crippen LogP contribution in [0, 0.1) is 0 Å². The highest BCUT2D eigenvalue weighted by Crippen LogP contribution is 2.36. The minimum Gasteiger partial charge on any atom is -0.369 e. The average molecular weight is 181 g/mol. The maximum atomic E-state index is 11.7. The van der Waals surface area contributed by atoms with E-state index in [2.05, 4.69) is 4.99 Å². The Kier molecular flexibility index (Phi) is 1.78. The van der Waals surface area contributed by atoms with Crippen LogP contribution in [0.5, 0.6) is 0 Å². The second-order valence-electron chi connectivity index (χ2n) is 3.93. The molecule has 0 bridgehead atoms. The molecule has 1 saturated carbocycles. The summed E-state index contributed by atoms with van der Waals surface area (Å²) >= 11 is 0. The molecule has 0 unspecified atom stereocenters. The number of amides is 1. The lowest BCUT2D eigenvalue weighted by atomic mass is 9.81. The van der Waals surface area contributed by atoms with Gasteiger partial charge in [0.15, 0.2) is 5.96 Å². The fourth-order valence-electron chi connectivity index (χ4n) is 2.33. The molecule has 1 amide bonds. The third kappa shape index (κ3) is 1.04. The molecule has 13 heavy (non-hydrogen) atoms. The number of hydrogen-bond donors (Lipinski definition) is 1. The predicted octanol–water partition coefficient (Wildman–Crippen LogP) is 0.476. The molecule has 0 aromatic rings. The van der Waals surface area contributed by atoms with E-state index in [-0.39, 0.29) is 11.4 Å². The predicted molar refractivity (Wildman–Crippen MR) is 50.2 cm³/mol. The summed E-state index contributed by atoms with van der Waals surface area (Å²) in [5, 5.41) is 0. The Hall–Kier alpha value is -1.06. The topological polar surface area (TPSA) is 58.7 Å². The summed E-state index contributed by atoms with van der Waals surface area (Å²) in [4.78, 5) is 17.3. The highest BCUT2D eigenvalue weighted by Gasteiger charge is 2.48. The number of guanidine groups is 1. The van der Waals surface area contributed by atoms with Crippen LogP contribution >= 0.6 is 0 Å². The zero-order valence-corrected chi connectivity index (χ0v) is 7.92. The van der Waals surface area contributed by atoms with Gasteiger partial charge in [-0.1, -0.05) is 19.3 Å². The van der Waals surface area contributed by atoms with Crippen molar-refractivity contribution < 1.29 is 4.79 Å². The fraction of sp³-hybridized carbons (Fsp3) is 0.778. The highest BCUT2D eigenvalue weighted by molar-refractivity contribution is 6.04. The molecule has 0 radical (unpaired) electrons. The van der Waals surface area contributed by atoms with E-state index in [1.807, 2.05) is 11.9 Å². The molecule has 0 atom stereocenters. The van der Waals surface area contributed by atoms with Gasteiger partial charge in [-0.05, 0) is 12.8 Å². The second kappa shape index (κ2) is 2.72. The van der Waals surface area contributed by atoms with Crippen LogP contribution in [-0.2, 0) is 4.79 Å². The smallest absolute Gasteiger partial charge is 0.274 e. The molecule has 1 aliphatic heterocycles. The van der Waals surface area contributed by atoms with Gasteiger partial charge in [0.1, 0.15) is 5.54 Å². The summed E-state index contributed by atoms with van der Waals surface area (Å²) in [5.41, 5.74) is 5.26. The first-order chi connectivity index (χ1) is 6.17. The van der Waals surface area contributed by atoms with Crippen molar-refractivity contribution in [1.82, 2.24) is 4.90 Å². The molecule has 1 spiro atoms. The van der Waals surface area contributed by atoms with Crippen molar-refractivity contribution in [3.05, 3.63) is 0 Å². The second-order valence-corrected chi connectivity index (χ2v) is 3.93. The normalized spacial score (nSPS) is 26.7. The van der Waals surface area contributed by atoms with Crippen LogP contribution in [0.25, 0.3) is 0 Å². The number of hydrogen-bond acceptors (Lipinski definition) is 3. The Bertz CT molecular complexity index is 266. The van der Waals surface area contributed by atoms with Gasteiger partial charge >= 0.3 is 0 Å².